The van der Waals surface area contributed by atoms with Crippen molar-refractivity contribution in [1.29, 1.82) is 0 Å². The van der Waals surface area contributed by atoms with Crippen LogP contribution in [0.25, 0.3) is 21.5 Å². The summed E-state index contributed by atoms with van der Waals surface area (Å²) in [5.41, 5.74) is 9.10. The fourth-order valence-corrected chi connectivity index (χ4v) is 6.33. The molecule has 166 valence electrons. The van der Waals surface area contributed by atoms with Crippen molar-refractivity contribution in [3.8, 4) is 0 Å². The smallest absolute Gasteiger partial charge is 0.0244 e. The van der Waals surface area contributed by atoms with Gasteiger partial charge in [0.2, 0.25) is 0 Å². The molecule has 0 saturated heterocycles. The number of hydrogen-bond acceptors (Lipinski definition) is 1. The van der Waals surface area contributed by atoms with Gasteiger partial charge in [-0.2, -0.15) is 0 Å². The highest BCUT2D eigenvalue weighted by molar-refractivity contribution is 6.08. The Kier molecular flexibility index (Phi) is 4.77. The van der Waals surface area contributed by atoms with Gasteiger partial charge >= 0.3 is 0 Å². The van der Waals surface area contributed by atoms with Crippen LogP contribution in [0.3, 0.4) is 0 Å². The molecule has 0 fully saturated rings. The summed E-state index contributed by atoms with van der Waals surface area (Å²) in [6.07, 6.45) is 3.58. The fraction of sp³-hybridized carbons (Fsp3) is 0.212. The summed E-state index contributed by atoms with van der Waals surface area (Å²) in [5, 5.41) is 5.57. The molecule has 1 unspecified atom stereocenters. The monoisotopic (exact) mass is 439 g/mol. The highest BCUT2D eigenvalue weighted by Crippen LogP contribution is 2.39. The fourth-order valence-electron chi connectivity index (χ4n) is 6.33. The third kappa shape index (κ3) is 3.43. The zero-order chi connectivity index (χ0) is 22.5. The van der Waals surface area contributed by atoms with E-state index >= 15 is 0 Å². The molecule has 0 bridgehead atoms. The minimum atomic E-state index is 0.609. The SMILES string of the molecule is c1ccc(CN2Cc3ccc(C4CCc5ccc6c(ccc7ccccc76)c5C4)cc3C2)cc1. The first-order valence-corrected chi connectivity index (χ1v) is 12.6. The molecule has 0 saturated carbocycles. The van der Waals surface area contributed by atoms with Gasteiger partial charge in [-0.3, -0.25) is 4.90 Å². The van der Waals surface area contributed by atoms with Crippen molar-refractivity contribution in [3.05, 3.63) is 130 Å². The Morgan fingerprint density at radius 3 is 2.38 bits per heavy atom. The van der Waals surface area contributed by atoms with Crippen molar-refractivity contribution in [2.45, 2.75) is 44.8 Å². The molecule has 1 aliphatic carbocycles. The highest BCUT2D eigenvalue weighted by Gasteiger charge is 2.25. The Morgan fingerprint density at radius 1 is 0.647 bits per heavy atom. The number of hydrogen-bond donors (Lipinski definition) is 0. The maximum atomic E-state index is 2.57. The van der Waals surface area contributed by atoms with Crippen LogP contribution in [0.1, 0.15) is 45.7 Å². The van der Waals surface area contributed by atoms with Crippen LogP contribution in [0.4, 0.5) is 0 Å². The Bertz CT molecular complexity index is 1510. The average molecular weight is 440 g/mol. The van der Waals surface area contributed by atoms with Crippen LogP contribution >= 0.6 is 0 Å². The Morgan fingerprint density at radius 2 is 1.44 bits per heavy atom. The second kappa shape index (κ2) is 8.11. The van der Waals surface area contributed by atoms with E-state index in [-0.39, 0.29) is 0 Å². The molecule has 5 aromatic carbocycles. The van der Waals surface area contributed by atoms with Gasteiger partial charge in [0.1, 0.15) is 0 Å². The maximum absolute atomic E-state index is 2.57. The van der Waals surface area contributed by atoms with Gasteiger partial charge in [0.05, 0.1) is 0 Å². The first kappa shape index (κ1) is 20.0. The number of benzene rings is 5. The molecule has 0 aromatic heterocycles. The lowest BCUT2D eigenvalue weighted by Crippen LogP contribution is -2.15. The molecule has 0 spiro atoms. The minimum absolute atomic E-state index is 0.609. The van der Waals surface area contributed by atoms with Crippen molar-refractivity contribution in [2.75, 3.05) is 0 Å². The molecule has 5 aromatic rings. The third-order valence-corrected chi connectivity index (χ3v) is 8.09. The van der Waals surface area contributed by atoms with E-state index in [0.29, 0.717) is 5.92 Å². The summed E-state index contributed by atoms with van der Waals surface area (Å²) >= 11 is 0. The maximum Gasteiger partial charge on any atom is 0.0244 e. The molecule has 0 N–H and O–H groups in total. The van der Waals surface area contributed by atoms with E-state index in [0.717, 1.165) is 26.1 Å². The van der Waals surface area contributed by atoms with E-state index in [2.05, 4.69) is 102 Å². The lowest BCUT2D eigenvalue weighted by molar-refractivity contribution is 0.275. The Hall–Kier alpha value is -3.42. The van der Waals surface area contributed by atoms with E-state index in [9.17, 15) is 0 Å². The summed E-state index contributed by atoms with van der Waals surface area (Å²) in [6, 6.07) is 36.4. The molecule has 1 heterocycles. The summed E-state index contributed by atoms with van der Waals surface area (Å²) in [7, 11) is 0. The number of fused-ring (bicyclic) bond motifs is 6. The normalized spacial score (nSPS) is 17.7. The Balaban J connectivity index is 1.18. The summed E-state index contributed by atoms with van der Waals surface area (Å²) in [5.74, 6) is 0.609. The van der Waals surface area contributed by atoms with Crippen molar-refractivity contribution in [3.63, 3.8) is 0 Å². The van der Waals surface area contributed by atoms with Gasteiger partial charge in [-0.25, -0.2) is 0 Å². The molecule has 1 heteroatoms. The molecule has 7 rings (SSSR count). The molecule has 1 aliphatic heterocycles. The largest absolute Gasteiger partial charge is 0.291 e. The highest BCUT2D eigenvalue weighted by atomic mass is 15.1. The van der Waals surface area contributed by atoms with Crippen LogP contribution in [0, 0.1) is 0 Å². The van der Waals surface area contributed by atoms with Crippen molar-refractivity contribution < 1.29 is 0 Å². The van der Waals surface area contributed by atoms with Crippen LogP contribution < -0.4 is 0 Å². The van der Waals surface area contributed by atoms with Gasteiger partial charge in [0, 0.05) is 19.6 Å². The standard InChI is InChI=1S/C33H29N/c1-2-6-23(7-3-1)20-34-21-28-13-12-26(18-29(28)22-34)27-11-10-25-15-16-31-30-9-5-4-8-24(30)14-17-32(31)33(25)19-27/h1-9,12-18,27H,10-11,19-22H2. The number of rotatable bonds is 3. The third-order valence-electron chi connectivity index (χ3n) is 8.09. The first-order valence-electron chi connectivity index (χ1n) is 12.6. The zero-order valence-electron chi connectivity index (χ0n) is 19.5. The quantitative estimate of drug-likeness (QED) is 0.259. The van der Waals surface area contributed by atoms with Gasteiger partial charge in [0.25, 0.3) is 0 Å². The second-order valence-electron chi connectivity index (χ2n) is 10.2. The van der Waals surface area contributed by atoms with E-state index in [4.69, 9.17) is 0 Å². The molecule has 1 atom stereocenters. The van der Waals surface area contributed by atoms with Crippen LogP contribution in [-0.4, -0.2) is 4.90 Å². The van der Waals surface area contributed by atoms with Gasteiger partial charge < -0.3 is 0 Å². The summed E-state index contributed by atoms with van der Waals surface area (Å²) in [4.78, 5) is 2.57. The van der Waals surface area contributed by atoms with Crippen LogP contribution in [0.15, 0.2) is 97.1 Å². The van der Waals surface area contributed by atoms with Crippen molar-refractivity contribution >= 4 is 21.5 Å². The molecule has 1 nitrogen and oxygen atoms in total. The van der Waals surface area contributed by atoms with E-state index in [1.54, 1.807) is 11.1 Å². The molecular formula is C33H29N. The first-order chi connectivity index (χ1) is 16.8. The van der Waals surface area contributed by atoms with Gasteiger partial charge in [-0.1, -0.05) is 97.1 Å². The number of nitrogens with zero attached hydrogens (tertiary/aromatic N) is 1. The molecule has 2 aliphatic rings. The predicted octanol–water partition coefficient (Wildman–Crippen LogP) is 7.78. The lowest BCUT2D eigenvalue weighted by atomic mass is 9.77. The zero-order valence-corrected chi connectivity index (χ0v) is 19.5. The van der Waals surface area contributed by atoms with Crippen molar-refractivity contribution in [2.24, 2.45) is 0 Å². The Labute approximate surface area is 201 Å². The molecule has 34 heavy (non-hydrogen) atoms. The lowest BCUT2D eigenvalue weighted by Gasteiger charge is -2.27. The molecule has 0 radical (unpaired) electrons. The van der Waals surface area contributed by atoms with E-state index in [1.807, 2.05) is 0 Å². The molecular weight excluding hydrogens is 410 g/mol. The van der Waals surface area contributed by atoms with Crippen LogP contribution in [0.2, 0.25) is 0 Å². The average Bonchev–Trinajstić information content (AvgIpc) is 3.30. The summed E-state index contributed by atoms with van der Waals surface area (Å²) in [6.45, 7) is 3.16. The van der Waals surface area contributed by atoms with E-state index < -0.39 is 0 Å². The van der Waals surface area contributed by atoms with Gasteiger partial charge in [-0.15, -0.1) is 0 Å². The molecule has 0 amide bonds. The summed E-state index contributed by atoms with van der Waals surface area (Å²) < 4.78 is 0. The second-order valence-corrected chi connectivity index (χ2v) is 10.2. The van der Waals surface area contributed by atoms with Gasteiger partial charge in [0.15, 0.2) is 0 Å². The minimum Gasteiger partial charge on any atom is -0.291 e. The van der Waals surface area contributed by atoms with E-state index in [1.165, 1.54) is 56.6 Å². The van der Waals surface area contributed by atoms with Crippen LogP contribution in [-0.2, 0) is 32.5 Å². The van der Waals surface area contributed by atoms with Crippen LogP contribution in [0.5, 0.6) is 0 Å². The predicted molar refractivity (Wildman–Crippen MR) is 142 cm³/mol. The van der Waals surface area contributed by atoms with Crippen molar-refractivity contribution in [1.82, 2.24) is 4.90 Å². The topological polar surface area (TPSA) is 3.24 Å². The number of aryl methyl sites for hydroxylation is 1. The van der Waals surface area contributed by atoms with Gasteiger partial charge in [-0.05, 0) is 80.1 Å².